The first-order valence-corrected chi connectivity index (χ1v) is 34.3. The largest absolute Gasteiger partial charge is 0.462 e. The van der Waals surface area contributed by atoms with Crippen LogP contribution < -0.4 is 0 Å². The van der Waals surface area contributed by atoms with Crippen molar-refractivity contribution in [1.29, 1.82) is 0 Å². The van der Waals surface area contributed by atoms with Gasteiger partial charge in [0.25, 0.3) is 0 Å². The minimum absolute atomic E-state index is 0.0613. The van der Waals surface area contributed by atoms with Crippen LogP contribution in [0.4, 0.5) is 0 Å². The summed E-state index contributed by atoms with van der Waals surface area (Å²) in [6.45, 7) is 11.5. The van der Waals surface area contributed by atoms with Gasteiger partial charge in [-0.15, -0.1) is 0 Å². The van der Waals surface area contributed by atoms with E-state index in [1.54, 1.807) is 0 Å². The smallest absolute Gasteiger partial charge is 0.306 e. The fraction of sp³-hybridized carbons (Fsp3) is 0.957. The monoisotopic (exact) mass is 1060 g/mol. The van der Waals surface area contributed by atoms with Gasteiger partial charge in [0.15, 0.2) is 6.10 Å². The van der Waals surface area contributed by atoms with Crippen molar-refractivity contribution in [2.45, 2.75) is 400 Å². The number of hydrogen-bond acceptors (Lipinski definition) is 6. The second kappa shape index (κ2) is 61.6. The van der Waals surface area contributed by atoms with Crippen LogP contribution in [-0.2, 0) is 28.6 Å². The van der Waals surface area contributed by atoms with E-state index < -0.39 is 6.10 Å². The first-order chi connectivity index (χ1) is 36.8. The fourth-order valence-electron chi connectivity index (χ4n) is 10.8. The summed E-state index contributed by atoms with van der Waals surface area (Å²) in [6.07, 6.45) is 69.7. The van der Waals surface area contributed by atoms with E-state index in [0.29, 0.717) is 19.3 Å². The number of esters is 3. The second-order valence-electron chi connectivity index (χ2n) is 24.5. The highest BCUT2D eigenvalue weighted by Gasteiger charge is 2.20. The molecule has 0 bridgehead atoms. The van der Waals surface area contributed by atoms with Crippen molar-refractivity contribution in [1.82, 2.24) is 0 Å². The van der Waals surface area contributed by atoms with Gasteiger partial charge in [0.05, 0.1) is 0 Å². The van der Waals surface area contributed by atoms with Crippen LogP contribution in [0.3, 0.4) is 0 Å². The molecule has 2 atom stereocenters. The van der Waals surface area contributed by atoms with Gasteiger partial charge in [-0.25, -0.2) is 0 Å². The van der Waals surface area contributed by atoms with Crippen LogP contribution in [0.25, 0.3) is 0 Å². The number of hydrogen-bond donors (Lipinski definition) is 0. The maximum atomic E-state index is 12.9. The molecule has 6 heteroatoms. The normalized spacial score (nSPS) is 12.4. The highest BCUT2D eigenvalue weighted by atomic mass is 16.6. The Morgan fingerprint density at radius 1 is 0.280 bits per heavy atom. The van der Waals surface area contributed by atoms with E-state index in [1.807, 2.05) is 0 Å². The SMILES string of the molecule is CCCCCCCCCCCCCCCCC(=O)O[C@H](COC(=O)CCCCCCCCCCCCCCCCCCCCC(C)C)COC(=O)CCCCCCCCCCCCCCCCCCCCC(C)CC. The third-order valence-corrected chi connectivity index (χ3v) is 16.3. The number of rotatable bonds is 63. The Bertz CT molecular complexity index is 1150. The van der Waals surface area contributed by atoms with Crippen molar-refractivity contribution < 1.29 is 28.6 Å². The Labute approximate surface area is 469 Å². The van der Waals surface area contributed by atoms with Crippen LogP contribution in [0, 0.1) is 11.8 Å². The number of ether oxygens (including phenoxy) is 3. The van der Waals surface area contributed by atoms with Crippen LogP contribution in [-0.4, -0.2) is 37.2 Å². The second-order valence-corrected chi connectivity index (χ2v) is 24.5. The van der Waals surface area contributed by atoms with Crippen molar-refractivity contribution in [2.24, 2.45) is 11.8 Å². The Morgan fingerprint density at radius 3 is 0.760 bits per heavy atom. The molecule has 0 heterocycles. The molecule has 0 rings (SSSR count). The molecule has 0 N–H and O–H groups in total. The molecule has 0 aliphatic rings. The molecule has 1 unspecified atom stereocenters. The van der Waals surface area contributed by atoms with Crippen molar-refractivity contribution in [3.8, 4) is 0 Å². The third-order valence-electron chi connectivity index (χ3n) is 16.3. The van der Waals surface area contributed by atoms with E-state index in [-0.39, 0.29) is 31.1 Å². The molecule has 0 aromatic carbocycles. The summed E-state index contributed by atoms with van der Waals surface area (Å²) in [5.74, 6) is 0.943. The summed E-state index contributed by atoms with van der Waals surface area (Å²) in [6, 6.07) is 0. The van der Waals surface area contributed by atoms with Gasteiger partial charge in [-0.3, -0.25) is 14.4 Å². The van der Waals surface area contributed by atoms with Gasteiger partial charge in [0.1, 0.15) is 13.2 Å². The third kappa shape index (κ3) is 61.5. The maximum Gasteiger partial charge on any atom is 0.306 e. The molecule has 0 saturated heterocycles. The lowest BCUT2D eigenvalue weighted by molar-refractivity contribution is -0.167. The van der Waals surface area contributed by atoms with Gasteiger partial charge in [-0.05, 0) is 31.1 Å². The zero-order chi connectivity index (χ0) is 54.6. The van der Waals surface area contributed by atoms with Gasteiger partial charge in [-0.1, -0.05) is 356 Å². The van der Waals surface area contributed by atoms with E-state index in [2.05, 4.69) is 34.6 Å². The Balaban J connectivity index is 4.22. The molecule has 0 spiro atoms. The van der Waals surface area contributed by atoms with Crippen LogP contribution >= 0.6 is 0 Å². The van der Waals surface area contributed by atoms with Crippen LogP contribution in [0.15, 0.2) is 0 Å². The zero-order valence-electron chi connectivity index (χ0n) is 51.7. The molecular weight excluding hydrogens is 925 g/mol. The predicted molar refractivity (Wildman–Crippen MR) is 326 cm³/mol. The van der Waals surface area contributed by atoms with E-state index in [4.69, 9.17) is 14.2 Å². The Hall–Kier alpha value is -1.59. The molecular formula is C69H134O6. The highest BCUT2D eigenvalue weighted by molar-refractivity contribution is 5.71. The molecule has 6 nitrogen and oxygen atoms in total. The predicted octanol–water partition coefficient (Wildman–Crippen LogP) is 23.2. The quantitative estimate of drug-likeness (QED) is 0.0343. The summed E-state index contributed by atoms with van der Waals surface area (Å²) in [5, 5.41) is 0. The highest BCUT2D eigenvalue weighted by Crippen LogP contribution is 2.20. The minimum Gasteiger partial charge on any atom is -0.462 e. The van der Waals surface area contributed by atoms with Gasteiger partial charge in [-0.2, -0.15) is 0 Å². The molecule has 75 heavy (non-hydrogen) atoms. The van der Waals surface area contributed by atoms with Crippen molar-refractivity contribution >= 4 is 17.9 Å². The molecule has 0 saturated carbocycles. The molecule has 0 aromatic heterocycles. The molecule has 0 amide bonds. The lowest BCUT2D eigenvalue weighted by Gasteiger charge is -2.18. The van der Waals surface area contributed by atoms with Crippen molar-refractivity contribution in [3.63, 3.8) is 0 Å². The molecule has 0 fully saturated rings. The average molecular weight is 1060 g/mol. The molecule has 446 valence electrons. The van der Waals surface area contributed by atoms with E-state index in [1.165, 1.54) is 283 Å². The number of unbranched alkanes of at least 4 members (excludes halogenated alkanes) is 47. The van der Waals surface area contributed by atoms with E-state index >= 15 is 0 Å². The van der Waals surface area contributed by atoms with Gasteiger partial charge >= 0.3 is 17.9 Å². The van der Waals surface area contributed by atoms with Crippen LogP contribution in [0.5, 0.6) is 0 Å². The summed E-state index contributed by atoms with van der Waals surface area (Å²) < 4.78 is 17.0. The topological polar surface area (TPSA) is 78.9 Å². The van der Waals surface area contributed by atoms with E-state index in [9.17, 15) is 14.4 Å². The summed E-state index contributed by atoms with van der Waals surface area (Å²) in [4.78, 5) is 38.4. The molecule has 0 aliphatic carbocycles. The van der Waals surface area contributed by atoms with E-state index in [0.717, 1.165) is 69.6 Å². The maximum absolute atomic E-state index is 12.9. The van der Waals surface area contributed by atoms with Crippen molar-refractivity contribution in [3.05, 3.63) is 0 Å². The summed E-state index contributed by atoms with van der Waals surface area (Å²) in [5.41, 5.74) is 0. The zero-order valence-corrected chi connectivity index (χ0v) is 51.7. The average Bonchev–Trinajstić information content (AvgIpc) is 3.40. The van der Waals surface area contributed by atoms with Crippen LogP contribution in [0.2, 0.25) is 0 Å². The van der Waals surface area contributed by atoms with Gasteiger partial charge in [0.2, 0.25) is 0 Å². The van der Waals surface area contributed by atoms with Gasteiger partial charge < -0.3 is 14.2 Å². The molecule has 0 radical (unpaired) electrons. The Morgan fingerprint density at radius 2 is 0.507 bits per heavy atom. The first kappa shape index (κ1) is 73.4. The fourth-order valence-corrected chi connectivity index (χ4v) is 10.8. The number of carbonyl (C=O) groups is 3. The molecule has 0 aliphatic heterocycles. The lowest BCUT2D eigenvalue weighted by atomic mass is 9.99. The molecule has 0 aromatic rings. The van der Waals surface area contributed by atoms with Crippen LogP contribution in [0.1, 0.15) is 394 Å². The minimum atomic E-state index is -0.764. The summed E-state index contributed by atoms with van der Waals surface area (Å²) in [7, 11) is 0. The number of carbonyl (C=O) groups excluding carboxylic acids is 3. The lowest BCUT2D eigenvalue weighted by Crippen LogP contribution is -2.30. The Kier molecular flexibility index (Phi) is 60.3. The first-order valence-electron chi connectivity index (χ1n) is 34.3. The summed E-state index contributed by atoms with van der Waals surface area (Å²) >= 11 is 0. The van der Waals surface area contributed by atoms with Crippen molar-refractivity contribution in [2.75, 3.05) is 13.2 Å². The van der Waals surface area contributed by atoms with Gasteiger partial charge in [0, 0.05) is 19.3 Å². The standard InChI is InChI=1S/C69H134O6/c1-6-8-9-10-11-12-13-14-29-36-41-46-51-56-61-69(72)75-66(62-73-67(70)59-54-49-44-39-34-30-25-21-17-15-19-23-27-32-37-42-47-52-57-64(3)4)63-74-68(71)60-55-50-45-40-35-31-26-22-18-16-20-24-28-33-38-43-48-53-58-65(5)7-2/h64-66H,6-63H2,1-5H3/t65?,66-/m1/s1.